The van der Waals surface area contributed by atoms with Crippen LogP contribution in [0.25, 0.3) is 0 Å². The minimum atomic E-state index is -0.0565. The summed E-state index contributed by atoms with van der Waals surface area (Å²) in [5, 5.41) is 13.5. The highest BCUT2D eigenvalue weighted by Gasteiger charge is 2.23. The molecule has 0 amide bonds. The quantitative estimate of drug-likeness (QED) is 0.833. The Hall–Kier alpha value is -0.640. The molecule has 106 valence electrons. The smallest absolute Gasteiger partial charge is 0.152 e. The zero-order valence-electron chi connectivity index (χ0n) is 11.3. The van der Waals surface area contributed by atoms with E-state index in [1.807, 2.05) is 0 Å². The maximum absolute atomic E-state index is 9.55. The number of rotatable bonds is 3. The molecule has 1 saturated heterocycles. The second-order valence-electron chi connectivity index (χ2n) is 5.39. The summed E-state index contributed by atoms with van der Waals surface area (Å²) in [4.78, 5) is 2.36. The van der Waals surface area contributed by atoms with E-state index < -0.39 is 0 Å². The maximum Gasteiger partial charge on any atom is 0.152 e. The number of likely N-dealkylation sites (tertiary alicyclic amines) is 1. The Bertz CT molecular complexity index is 430. The number of nitrogens with zero attached hydrogens (tertiary/aromatic N) is 1. The van der Waals surface area contributed by atoms with Crippen LogP contribution >= 0.6 is 23.2 Å². The number of halogens is 2. The molecule has 1 aliphatic heterocycles. The molecule has 0 spiro atoms. The molecular formula is C14H20Cl2N2O. The highest BCUT2D eigenvalue weighted by Crippen LogP contribution is 2.35. The predicted molar refractivity (Wildman–Crippen MR) is 81.4 cm³/mol. The van der Waals surface area contributed by atoms with Crippen LogP contribution in [0, 0.1) is 5.92 Å². The van der Waals surface area contributed by atoms with E-state index in [-0.39, 0.29) is 15.8 Å². The zero-order chi connectivity index (χ0) is 14.0. The number of aromatic hydroxyl groups is 1. The molecular weight excluding hydrogens is 283 g/mol. The van der Waals surface area contributed by atoms with E-state index in [0.29, 0.717) is 12.0 Å². The van der Waals surface area contributed by atoms with Gasteiger partial charge in [0.2, 0.25) is 0 Å². The molecule has 1 aromatic rings. The average molecular weight is 303 g/mol. The van der Waals surface area contributed by atoms with E-state index in [4.69, 9.17) is 23.2 Å². The van der Waals surface area contributed by atoms with Gasteiger partial charge >= 0.3 is 0 Å². The van der Waals surface area contributed by atoms with Gasteiger partial charge in [-0.3, -0.25) is 0 Å². The molecule has 2 atom stereocenters. The largest absolute Gasteiger partial charge is 0.505 e. The molecule has 2 N–H and O–H groups in total. The van der Waals surface area contributed by atoms with Crippen LogP contribution in [0.1, 0.15) is 19.8 Å². The Morgan fingerprint density at radius 1 is 1.37 bits per heavy atom. The van der Waals surface area contributed by atoms with Crippen molar-refractivity contribution in [3.05, 3.63) is 22.2 Å². The number of piperidine rings is 1. The predicted octanol–water partition coefficient (Wildman–Crippen LogP) is 3.84. The molecule has 1 aromatic carbocycles. The first kappa shape index (κ1) is 14.8. The van der Waals surface area contributed by atoms with Gasteiger partial charge in [-0.05, 0) is 51.4 Å². The molecule has 0 radical (unpaired) electrons. The molecule has 3 nitrogen and oxygen atoms in total. The molecule has 0 aromatic heterocycles. The van der Waals surface area contributed by atoms with Crippen molar-refractivity contribution in [2.24, 2.45) is 5.92 Å². The summed E-state index contributed by atoms with van der Waals surface area (Å²) < 4.78 is 0. The zero-order valence-corrected chi connectivity index (χ0v) is 12.8. The molecule has 1 fully saturated rings. The fraction of sp³-hybridized carbons (Fsp3) is 0.571. The van der Waals surface area contributed by atoms with Gasteiger partial charge in [0.05, 0.1) is 10.0 Å². The summed E-state index contributed by atoms with van der Waals surface area (Å²) in [6.07, 6.45) is 2.47. The molecule has 19 heavy (non-hydrogen) atoms. The van der Waals surface area contributed by atoms with Gasteiger partial charge in [0, 0.05) is 18.3 Å². The van der Waals surface area contributed by atoms with Crippen LogP contribution in [0.2, 0.25) is 10.0 Å². The van der Waals surface area contributed by atoms with Crippen LogP contribution in [-0.4, -0.2) is 36.2 Å². The van der Waals surface area contributed by atoms with Crippen molar-refractivity contribution in [2.45, 2.75) is 25.8 Å². The summed E-state index contributed by atoms with van der Waals surface area (Å²) in [6.45, 7) is 4.46. The Balaban J connectivity index is 2.04. The second-order valence-corrected chi connectivity index (χ2v) is 6.20. The molecule has 0 bridgehead atoms. The van der Waals surface area contributed by atoms with Gasteiger partial charge in [-0.1, -0.05) is 23.2 Å². The van der Waals surface area contributed by atoms with E-state index in [1.165, 1.54) is 19.4 Å². The van der Waals surface area contributed by atoms with Crippen LogP contribution in [0.15, 0.2) is 12.1 Å². The molecule has 1 aliphatic rings. The van der Waals surface area contributed by atoms with Crippen molar-refractivity contribution in [1.82, 2.24) is 4.90 Å². The number of phenolic OH excluding ortho intramolecular Hbond substituents is 1. The molecule has 0 saturated carbocycles. The number of nitrogens with one attached hydrogen (secondary N) is 1. The van der Waals surface area contributed by atoms with Crippen LogP contribution in [0.4, 0.5) is 5.69 Å². The summed E-state index contributed by atoms with van der Waals surface area (Å²) in [5.41, 5.74) is 0.855. The highest BCUT2D eigenvalue weighted by atomic mass is 35.5. The van der Waals surface area contributed by atoms with Gasteiger partial charge in [0.15, 0.2) is 5.75 Å². The molecule has 2 unspecified atom stereocenters. The fourth-order valence-electron chi connectivity index (χ4n) is 2.64. The Morgan fingerprint density at radius 2 is 2.00 bits per heavy atom. The number of anilines is 1. The topological polar surface area (TPSA) is 35.5 Å². The van der Waals surface area contributed by atoms with Crippen LogP contribution in [-0.2, 0) is 0 Å². The standard InChI is InChI=1S/C14H20Cl2N2O/c1-9(10-4-3-5-18(2)8-10)17-11-6-12(15)14(19)13(16)7-11/h6-7,9-10,17,19H,3-5,8H2,1-2H3. The third-order valence-electron chi connectivity index (χ3n) is 3.78. The Labute approximate surface area is 124 Å². The molecule has 0 aliphatic carbocycles. The average Bonchev–Trinajstić information content (AvgIpc) is 2.36. The van der Waals surface area contributed by atoms with E-state index in [0.717, 1.165) is 12.2 Å². The number of hydrogen-bond donors (Lipinski definition) is 2. The molecule has 5 heteroatoms. The lowest BCUT2D eigenvalue weighted by atomic mass is 9.92. The summed E-state index contributed by atoms with van der Waals surface area (Å²) in [5.74, 6) is 0.559. The number of benzene rings is 1. The van der Waals surface area contributed by atoms with Crippen LogP contribution in [0.3, 0.4) is 0 Å². The van der Waals surface area contributed by atoms with Crippen molar-refractivity contribution in [1.29, 1.82) is 0 Å². The lowest BCUT2D eigenvalue weighted by Gasteiger charge is -2.34. The first-order valence-corrected chi connectivity index (χ1v) is 7.36. The molecule has 2 rings (SSSR count). The van der Waals surface area contributed by atoms with Gasteiger partial charge < -0.3 is 15.3 Å². The highest BCUT2D eigenvalue weighted by molar-refractivity contribution is 6.37. The Morgan fingerprint density at radius 3 is 2.58 bits per heavy atom. The molecule has 1 heterocycles. The fourth-order valence-corrected chi connectivity index (χ4v) is 3.13. The third-order valence-corrected chi connectivity index (χ3v) is 4.36. The van der Waals surface area contributed by atoms with E-state index in [9.17, 15) is 5.11 Å². The minimum absolute atomic E-state index is 0.0565. The van der Waals surface area contributed by atoms with Crippen molar-refractivity contribution in [2.75, 3.05) is 25.5 Å². The Kier molecular flexibility index (Phi) is 4.82. The van der Waals surface area contributed by atoms with Gasteiger partial charge in [-0.15, -0.1) is 0 Å². The van der Waals surface area contributed by atoms with Gasteiger partial charge in [0.25, 0.3) is 0 Å². The van der Waals surface area contributed by atoms with E-state index >= 15 is 0 Å². The van der Waals surface area contributed by atoms with E-state index in [2.05, 4.69) is 24.2 Å². The first-order chi connectivity index (χ1) is 8.97. The van der Waals surface area contributed by atoms with Crippen LogP contribution in [0.5, 0.6) is 5.75 Å². The monoisotopic (exact) mass is 302 g/mol. The van der Waals surface area contributed by atoms with Crippen LogP contribution < -0.4 is 5.32 Å². The second kappa shape index (κ2) is 6.21. The maximum atomic E-state index is 9.55. The normalized spacial score (nSPS) is 22.2. The van der Waals surface area contributed by atoms with Gasteiger partial charge in [-0.2, -0.15) is 0 Å². The van der Waals surface area contributed by atoms with Gasteiger partial charge in [-0.25, -0.2) is 0 Å². The van der Waals surface area contributed by atoms with Crippen molar-refractivity contribution in [3.63, 3.8) is 0 Å². The summed E-state index contributed by atoms with van der Waals surface area (Å²) in [7, 11) is 2.16. The lowest BCUT2D eigenvalue weighted by Crippen LogP contribution is -2.39. The minimum Gasteiger partial charge on any atom is -0.505 e. The lowest BCUT2D eigenvalue weighted by molar-refractivity contribution is 0.197. The van der Waals surface area contributed by atoms with E-state index in [1.54, 1.807) is 12.1 Å². The van der Waals surface area contributed by atoms with Crippen molar-refractivity contribution < 1.29 is 5.11 Å². The summed E-state index contributed by atoms with van der Waals surface area (Å²) >= 11 is 11.9. The number of hydrogen-bond acceptors (Lipinski definition) is 3. The van der Waals surface area contributed by atoms with Crippen molar-refractivity contribution >= 4 is 28.9 Å². The SMILES string of the molecule is CC(Nc1cc(Cl)c(O)c(Cl)c1)C1CCCN(C)C1. The van der Waals surface area contributed by atoms with Gasteiger partial charge in [0.1, 0.15) is 0 Å². The summed E-state index contributed by atoms with van der Waals surface area (Å²) in [6, 6.07) is 3.77. The third kappa shape index (κ3) is 3.68. The first-order valence-electron chi connectivity index (χ1n) is 6.60. The van der Waals surface area contributed by atoms with Crippen molar-refractivity contribution in [3.8, 4) is 5.75 Å². The number of phenols is 1.